The number of hydrogen-bond acceptors (Lipinski definition) is 11. The van der Waals surface area contributed by atoms with Crippen molar-refractivity contribution in [2.75, 3.05) is 43.5 Å². The molecule has 2 aromatic carbocycles. The maximum atomic E-state index is 17.2. The first-order valence-corrected chi connectivity index (χ1v) is 16.4. The zero-order valence-corrected chi connectivity index (χ0v) is 26.8. The number of fused-ring (bicyclic) bond motifs is 2. The lowest BCUT2D eigenvalue weighted by atomic mass is 9.92. The minimum absolute atomic E-state index is 0.000730. The average molecular weight is 698 g/mol. The molecule has 1 unspecified atom stereocenters. The molecule has 6 heterocycles. The van der Waals surface area contributed by atoms with E-state index in [2.05, 4.69) is 15.0 Å². The number of alkyl halides is 3. The van der Waals surface area contributed by atoms with Crippen LogP contribution in [0.4, 0.5) is 32.8 Å². The van der Waals surface area contributed by atoms with E-state index in [1.807, 2.05) is 11.0 Å². The quantitative estimate of drug-likeness (QED) is 0.184. The largest absolute Gasteiger partial charge is 0.490 e. The van der Waals surface area contributed by atoms with E-state index in [0.717, 1.165) is 30.2 Å². The number of thiophene rings is 1. The van der Waals surface area contributed by atoms with Gasteiger partial charge in [0.25, 0.3) is 6.43 Å². The molecule has 2 saturated heterocycles. The summed E-state index contributed by atoms with van der Waals surface area (Å²) in [7, 11) is 0. The van der Waals surface area contributed by atoms with Gasteiger partial charge < -0.3 is 24.5 Å². The van der Waals surface area contributed by atoms with Crippen molar-refractivity contribution in [3.05, 3.63) is 53.2 Å². The highest BCUT2D eigenvalue weighted by atomic mass is 32.1. The first-order valence-electron chi connectivity index (χ1n) is 15.6. The zero-order chi connectivity index (χ0) is 34.2. The third kappa shape index (κ3) is 4.92. The standard InChI is InChI=1S/C33H28F5N7O3S/c1-15-23(17-3-4-19(35)29-24(17)18(8-39)30(40)49-29)26(38)27-25-28(15)46-12-20(21-9-41-14-48-21)45(11-22(36)37)31(25)43-32(42-27)47-13-33-5-2-6-44(33)10-16(34)7-33/h3-4,9,14,16,20,22H,2,5-7,10-13,40H2,1H3/t16-,20?,33+/m1/s1. The van der Waals surface area contributed by atoms with E-state index >= 15 is 8.78 Å². The molecule has 3 aromatic heterocycles. The van der Waals surface area contributed by atoms with Gasteiger partial charge >= 0.3 is 6.01 Å². The summed E-state index contributed by atoms with van der Waals surface area (Å²) < 4.78 is 93.4. The fourth-order valence-electron chi connectivity index (χ4n) is 7.70. The SMILES string of the molecule is Cc1c(-c2ccc(F)c3sc(N)c(C#N)c23)c(F)c2nc(OC[C@@]34CCCN3C[C@H](F)C4)nc3c2c1OCC(c1cnco1)N3CC(F)F. The molecule has 0 amide bonds. The summed E-state index contributed by atoms with van der Waals surface area (Å²) in [6.07, 6.45) is 0.432. The van der Waals surface area contributed by atoms with Gasteiger partial charge in [-0.1, -0.05) is 6.07 Å². The summed E-state index contributed by atoms with van der Waals surface area (Å²) in [5, 5.41) is 10.1. The molecular formula is C33H28F5N7O3S. The number of nitrogens with zero attached hydrogens (tertiary/aromatic N) is 6. The highest BCUT2D eigenvalue weighted by molar-refractivity contribution is 7.23. The molecule has 3 aliphatic rings. The molecule has 2 fully saturated rings. The summed E-state index contributed by atoms with van der Waals surface area (Å²) in [6.45, 7) is 1.50. The normalized spacial score (nSPS) is 22.1. The molecule has 16 heteroatoms. The van der Waals surface area contributed by atoms with Gasteiger partial charge in [-0.05, 0) is 37.9 Å². The molecule has 8 rings (SSSR count). The number of aromatic nitrogens is 3. The van der Waals surface area contributed by atoms with Gasteiger partial charge in [-0.2, -0.15) is 15.2 Å². The van der Waals surface area contributed by atoms with Crippen LogP contribution in [-0.4, -0.2) is 70.8 Å². The van der Waals surface area contributed by atoms with Crippen molar-refractivity contribution in [3.63, 3.8) is 0 Å². The van der Waals surface area contributed by atoms with Gasteiger partial charge in [0.05, 0.1) is 33.9 Å². The molecule has 49 heavy (non-hydrogen) atoms. The molecular weight excluding hydrogens is 669 g/mol. The predicted molar refractivity (Wildman–Crippen MR) is 171 cm³/mol. The highest BCUT2D eigenvalue weighted by Gasteiger charge is 2.49. The molecule has 3 atom stereocenters. The number of rotatable bonds is 7. The molecule has 2 N–H and O–H groups in total. The van der Waals surface area contributed by atoms with Crippen molar-refractivity contribution in [1.82, 2.24) is 19.9 Å². The van der Waals surface area contributed by atoms with Crippen LogP contribution in [0.3, 0.4) is 0 Å². The Hall–Kier alpha value is -4.75. The van der Waals surface area contributed by atoms with Crippen LogP contribution < -0.4 is 20.1 Å². The van der Waals surface area contributed by atoms with Gasteiger partial charge in [-0.25, -0.2) is 26.9 Å². The maximum Gasteiger partial charge on any atom is 0.319 e. The van der Waals surface area contributed by atoms with E-state index in [0.29, 0.717) is 13.0 Å². The van der Waals surface area contributed by atoms with E-state index in [1.165, 1.54) is 17.2 Å². The van der Waals surface area contributed by atoms with Gasteiger partial charge in [0.2, 0.25) is 0 Å². The first-order chi connectivity index (χ1) is 23.6. The lowest BCUT2D eigenvalue weighted by Gasteiger charge is -2.31. The van der Waals surface area contributed by atoms with Crippen LogP contribution in [0.25, 0.3) is 32.1 Å². The number of benzene rings is 2. The smallest absolute Gasteiger partial charge is 0.319 e. The van der Waals surface area contributed by atoms with E-state index in [1.54, 1.807) is 6.92 Å². The van der Waals surface area contributed by atoms with Crippen LogP contribution in [0.1, 0.15) is 42.2 Å². The van der Waals surface area contributed by atoms with Crippen molar-refractivity contribution in [2.24, 2.45) is 0 Å². The number of nitriles is 1. The Labute approximate surface area is 279 Å². The van der Waals surface area contributed by atoms with Crippen molar-refractivity contribution in [1.29, 1.82) is 5.26 Å². The highest BCUT2D eigenvalue weighted by Crippen LogP contribution is 2.50. The third-order valence-electron chi connectivity index (χ3n) is 9.82. The molecule has 3 aliphatic heterocycles. The molecule has 10 nitrogen and oxygen atoms in total. The Morgan fingerprint density at radius 2 is 2.08 bits per heavy atom. The minimum Gasteiger partial charge on any atom is -0.490 e. The summed E-state index contributed by atoms with van der Waals surface area (Å²) in [4.78, 5) is 16.3. The molecule has 254 valence electrons. The Morgan fingerprint density at radius 3 is 2.84 bits per heavy atom. The van der Waals surface area contributed by atoms with Gasteiger partial charge in [-0.15, -0.1) is 11.3 Å². The van der Waals surface area contributed by atoms with E-state index in [-0.39, 0.29) is 97.8 Å². The van der Waals surface area contributed by atoms with Crippen LogP contribution in [0.15, 0.2) is 29.1 Å². The summed E-state index contributed by atoms with van der Waals surface area (Å²) >= 11 is 0.870. The van der Waals surface area contributed by atoms with Crippen LogP contribution in [0.5, 0.6) is 11.8 Å². The Kier molecular flexibility index (Phi) is 7.52. The number of ether oxygens (including phenoxy) is 2. The Balaban J connectivity index is 1.37. The summed E-state index contributed by atoms with van der Waals surface area (Å²) in [5.41, 5.74) is 5.52. The lowest BCUT2D eigenvalue weighted by molar-refractivity contribution is 0.107. The second kappa shape index (κ2) is 11.7. The summed E-state index contributed by atoms with van der Waals surface area (Å²) in [6, 6.07) is 3.25. The van der Waals surface area contributed by atoms with Crippen molar-refractivity contribution >= 4 is 43.1 Å². The summed E-state index contributed by atoms with van der Waals surface area (Å²) in [5.74, 6) is -1.31. The van der Waals surface area contributed by atoms with Crippen molar-refractivity contribution in [3.8, 4) is 29.0 Å². The zero-order valence-electron chi connectivity index (χ0n) is 26.0. The average Bonchev–Trinajstić information content (AvgIpc) is 3.84. The maximum absolute atomic E-state index is 17.2. The van der Waals surface area contributed by atoms with Gasteiger partial charge in [0, 0.05) is 29.5 Å². The topological polar surface area (TPSA) is 127 Å². The van der Waals surface area contributed by atoms with Gasteiger partial charge in [0.15, 0.2) is 12.2 Å². The molecule has 5 aromatic rings. The Morgan fingerprint density at radius 1 is 1.24 bits per heavy atom. The lowest BCUT2D eigenvalue weighted by Crippen LogP contribution is -2.43. The predicted octanol–water partition coefficient (Wildman–Crippen LogP) is 6.70. The molecule has 0 aliphatic carbocycles. The van der Waals surface area contributed by atoms with Gasteiger partial charge in [-0.3, -0.25) is 4.90 Å². The Bertz CT molecular complexity index is 2160. The van der Waals surface area contributed by atoms with Crippen molar-refractivity contribution < 1.29 is 35.8 Å². The fraction of sp³-hybridized carbons (Fsp3) is 0.394. The molecule has 0 saturated carbocycles. The monoisotopic (exact) mass is 697 g/mol. The van der Waals surface area contributed by atoms with E-state index < -0.39 is 42.4 Å². The first kappa shape index (κ1) is 31.5. The number of nitrogens with two attached hydrogens (primary N) is 1. The fourth-order valence-corrected chi connectivity index (χ4v) is 8.65. The third-order valence-corrected chi connectivity index (χ3v) is 10.8. The van der Waals surface area contributed by atoms with E-state index in [9.17, 15) is 18.4 Å². The van der Waals surface area contributed by atoms with Crippen LogP contribution in [0, 0.1) is 29.9 Å². The number of nitrogen functional groups attached to an aromatic ring is 1. The van der Waals surface area contributed by atoms with E-state index in [4.69, 9.17) is 19.6 Å². The van der Waals surface area contributed by atoms with Crippen LogP contribution in [0.2, 0.25) is 0 Å². The number of oxazole rings is 1. The molecule has 0 spiro atoms. The number of anilines is 2. The van der Waals surface area contributed by atoms with Crippen LogP contribution >= 0.6 is 11.3 Å². The number of hydrogen-bond donors (Lipinski definition) is 1. The molecule has 0 radical (unpaired) electrons. The van der Waals surface area contributed by atoms with Crippen LogP contribution in [-0.2, 0) is 0 Å². The second-order valence-corrected chi connectivity index (χ2v) is 13.6. The van der Waals surface area contributed by atoms with Gasteiger partial charge in [0.1, 0.15) is 65.2 Å². The minimum atomic E-state index is -2.85. The number of halogens is 5. The second-order valence-electron chi connectivity index (χ2n) is 12.6. The van der Waals surface area contributed by atoms with Crippen molar-refractivity contribution in [2.45, 2.75) is 50.4 Å². The molecule has 0 bridgehead atoms.